The van der Waals surface area contributed by atoms with Gasteiger partial charge in [-0.3, -0.25) is 9.78 Å². The van der Waals surface area contributed by atoms with Crippen LogP contribution < -0.4 is 0 Å². The second kappa shape index (κ2) is 7.38. The van der Waals surface area contributed by atoms with Crippen LogP contribution in [0.15, 0.2) is 36.5 Å². The number of nitrogens with zero attached hydrogens (tertiary/aromatic N) is 1. The number of esters is 1. The lowest BCUT2D eigenvalue weighted by Gasteiger charge is -2.05. The largest absolute Gasteiger partial charge is 0.462 e. The van der Waals surface area contributed by atoms with E-state index in [2.05, 4.69) is 4.98 Å². The summed E-state index contributed by atoms with van der Waals surface area (Å²) in [5.74, 6) is -0.696. The molecule has 0 saturated heterocycles. The average Bonchev–Trinajstić information content (AvgIpc) is 2.51. The topological polar surface area (TPSA) is 56.3 Å². The summed E-state index contributed by atoms with van der Waals surface area (Å²) >= 11 is 11.8. The van der Waals surface area contributed by atoms with Gasteiger partial charge in [-0.2, -0.15) is 0 Å². The van der Waals surface area contributed by atoms with Crippen LogP contribution in [0.2, 0.25) is 10.0 Å². The van der Waals surface area contributed by atoms with E-state index >= 15 is 0 Å². The van der Waals surface area contributed by atoms with E-state index in [9.17, 15) is 9.59 Å². The number of rotatable bonds is 5. The van der Waals surface area contributed by atoms with Crippen molar-refractivity contribution in [2.45, 2.75) is 13.3 Å². The first kappa shape index (κ1) is 16.5. The van der Waals surface area contributed by atoms with Gasteiger partial charge in [0.25, 0.3) is 0 Å². The first-order valence-electron chi connectivity index (χ1n) is 6.61. The molecule has 2 aromatic rings. The summed E-state index contributed by atoms with van der Waals surface area (Å²) in [4.78, 5) is 27.9. The van der Waals surface area contributed by atoms with Gasteiger partial charge in [-0.25, -0.2) is 4.79 Å². The third kappa shape index (κ3) is 4.06. The van der Waals surface area contributed by atoms with Crippen molar-refractivity contribution in [3.63, 3.8) is 0 Å². The van der Waals surface area contributed by atoms with Crippen LogP contribution in [-0.2, 0) is 11.2 Å². The highest BCUT2D eigenvalue weighted by Gasteiger charge is 2.13. The highest BCUT2D eigenvalue weighted by molar-refractivity contribution is 6.42. The molecule has 0 aliphatic rings. The fourth-order valence-corrected chi connectivity index (χ4v) is 2.17. The molecule has 1 heterocycles. The van der Waals surface area contributed by atoms with Crippen LogP contribution in [0.3, 0.4) is 0 Å². The number of carbonyl (C=O) groups excluding carboxylic acids is 2. The van der Waals surface area contributed by atoms with Gasteiger partial charge in [0, 0.05) is 12.6 Å². The van der Waals surface area contributed by atoms with Gasteiger partial charge in [0.05, 0.1) is 22.2 Å². The van der Waals surface area contributed by atoms with Gasteiger partial charge in [-0.15, -0.1) is 0 Å². The molecule has 0 aliphatic heterocycles. The molecule has 0 spiro atoms. The number of halogens is 2. The van der Waals surface area contributed by atoms with Gasteiger partial charge >= 0.3 is 5.97 Å². The molecule has 1 aromatic heterocycles. The van der Waals surface area contributed by atoms with Crippen molar-refractivity contribution in [2.75, 3.05) is 6.61 Å². The second-order valence-corrected chi connectivity index (χ2v) is 5.31. The number of benzene rings is 1. The van der Waals surface area contributed by atoms with Crippen molar-refractivity contribution in [1.82, 2.24) is 4.98 Å². The van der Waals surface area contributed by atoms with Crippen molar-refractivity contribution in [3.8, 4) is 0 Å². The molecule has 114 valence electrons. The molecule has 4 nitrogen and oxygen atoms in total. The van der Waals surface area contributed by atoms with Crippen LogP contribution in [0.25, 0.3) is 0 Å². The van der Waals surface area contributed by atoms with Crippen LogP contribution in [0.4, 0.5) is 0 Å². The zero-order valence-electron chi connectivity index (χ0n) is 11.8. The van der Waals surface area contributed by atoms with E-state index in [-0.39, 0.29) is 24.5 Å². The number of pyridine rings is 1. The van der Waals surface area contributed by atoms with Crippen molar-refractivity contribution >= 4 is 35.0 Å². The molecule has 0 aliphatic carbocycles. The predicted molar refractivity (Wildman–Crippen MR) is 84.7 cm³/mol. The summed E-state index contributed by atoms with van der Waals surface area (Å²) in [6, 6.07) is 7.93. The van der Waals surface area contributed by atoms with Crippen LogP contribution in [0, 0.1) is 0 Å². The maximum Gasteiger partial charge on any atom is 0.338 e. The van der Waals surface area contributed by atoms with Gasteiger partial charge in [0.2, 0.25) is 0 Å². The van der Waals surface area contributed by atoms with E-state index in [0.717, 1.165) is 5.56 Å². The molecular weight excluding hydrogens is 325 g/mol. The molecule has 22 heavy (non-hydrogen) atoms. The lowest BCUT2D eigenvalue weighted by atomic mass is 10.1. The van der Waals surface area contributed by atoms with Crippen molar-refractivity contribution in [1.29, 1.82) is 0 Å². The normalized spacial score (nSPS) is 10.3. The van der Waals surface area contributed by atoms with Gasteiger partial charge in [-0.05, 0) is 36.8 Å². The minimum absolute atomic E-state index is 0.121. The monoisotopic (exact) mass is 337 g/mol. The van der Waals surface area contributed by atoms with Crippen molar-refractivity contribution in [3.05, 3.63) is 63.4 Å². The SMILES string of the molecule is CCOC(=O)c1ccnc(C(=O)Cc2ccc(Cl)c(Cl)c2)c1. The Hall–Kier alpha value is -1.91. The Bertz CT molecular complexity index is 716. The summed E-state index contributed by atoms with van der Waals surface area (Å²) in [5.41, 5.74) is 1.23. The smallest absolute Gasteiger partial charge is 0.338 e. The molecule has 0 saturated carbocycles. The summed E-state index contributed by atoms with van der Waals surface area (Å²) in [6.07, 6.45) is 1.53. The van der Waals surface area contributed by atoms with E-state index in [1.165, 1.54) is 18.3 Å². The Morgan fingerprint density at radius 3 is 2.59 bits per heavy atom. The number of aromatic nitrogens is 1. The fraction of sp³-hybridized carbons (Fsp3) is 0.188. The van der Waals surface area contributed by atoms with Crippen LogP contribution >= 0.6 is 23.2 Å². The minimum atomic E-state index is -0.478. The molecule has 0 radical (unpaired) electrons. The van der Waals surface area contributed by atoms with E-state index in [4.69, 9.17) is 27.9 Å². The molecule has 0 atom stereocenters. The summed E-state index contributed by atoms with van der Waals surface area (Å²) in [5, 5.41) is 0.820. The molecule has 0 fully saturated rings. The predicted octanol–water partition coefficient (Wildman–Crippen LogP) is 3.99. The van der Waals surface area contributed by atoms with E-state index in [0.29, 0.717) is 15.6 Å². The highest BCUT2D eigenvalue weighted by atomic mass is 35.5. The Balaban J connectivity index is 2.17. The van der Waals surface area contributed by atoms with E-state index < -0.39 is 5.97 Å². The van der Waals surface area contributed by atoms with Gasteiger partial charge in [0.1, 0.15) is 5.69 Å². The Morgan fingerprint density at radius 1 is 1.14 bits per heavy atom. The molecule has 2 rings (SSSR count). The molecular formula is C16H13Cl2NO3. The lowest BCUT2D eigenvalue weighted by Crippen LogP contribution is -2.10. The molecule has 6 heteroatoms. The number of ether oxygens (including phenoxy) is 1. The third-order valence-electron chi connectivity index (χ3n) is 2.91. The maximum atomic E-state index is 12.3. The number of hydrogen-bond acceptors (Lipinski definition) is 4. The van der Waals surface area contributed by atoms with Crippen LogP contribution in [0.5, 0.6) is 0 Å². The second-order valence-electron chi connectivity index (χ2n) is 4.50. The molecule has 0 bridgehead atoms. The molecule has 1 aromatic carbocycles. The van der Waals surface area contributed by atoms with Crippen LogP contribution in [-0.4, -0.2) is 23.3 Å². The fourth-order valence-electron chi connectivity index (χ4n) is 1.85. The van der Waals surface area contributed by atoms with E-state index in [1.54, 1.807) is 25.1 Å². The minimum Gasteiger partial charge on any atom is -0.462 e. The Morgan fingerprint density at radius 2 is 1.91 bits per heavy atom. The molecule has 0 amide bonds. The number of Topliss-reactive ketones (excluding diaryl/α,β-unsaturated/α-hetero) is 1. The van der Waals surface area contributed by atoms with Crippen molar-refractivity contribution < 1.29 is 14.3 Å². The summed E-state index contributed by atoms with van der Waals surface area (Å²) in [7, 11) is 0. The maximum absolute atomic E-state index is 12.3. The first-order chi connectivity index (χ1) is 10.5. The summed E-state index contributed by atoms with van der Waals surface area (Å²) in [6.45, 7) is 1.99. The van der Waals surface area contributed by atoms with Gasteiger partial charge < -0.3 is 4.74 Å². The zero-order chi connectivity index (χ0) is 16.1. The molecule has 0 N–H and O–H groups in total. The quantitative estimate of drug-likeness (QED) is 0.611. The van der Waals surface area contributed by atoms with Crippen LogP contribution in [0.1, 0.15) is 33.3 Å². The Kier molecular flexibility index (Phi) is 5.52. The zero-order valence-corrected chi connectivity index (χ0v) is 13.3. The standard InChI is InChI=1S/C16H13Cl2NO3/c1-2-22-16(21)11-5-6-19-14(9-11)15(20)8-10-3-4-12(17)13(18)7-10/h3-7,9H,2,8H2,1H3. The van der Waals surface area contributed by atoms with E-state index in [1.807, 2.05) is 0 Å². The average molecular weight is 338 g/mol. The molecule has 0 unspecified atom stereocenters. The first-order valence-corrected chi connectivity index (χ1v) is 7.37. The third-order valence-corrected chi connectivity index (χ3v) is 3.64. The number of ketones is 1. The Labute approximate surface area is 138 Å². The summed E-state index contributed by atoms with van der Waals surface area (Å²) < 4.78 is 4.90. The van der Waals surface area contributed by atoms with Gasteiger partial charge in [-0.1, -0.05) is 29.3 Å². The highest BCUT2D eigenvalue weighted by Crippen LogP contribution is 2.23. The van der Waals surface area contributed by atoms with Gasteiger partial charge in [0.15, 0.2) is 5.78 Å². The van der Waals surface area contributed by atoms with Crippen molar-refractivity contribution in [2.24, 2.45) is 0 Å². The number of carbonyl (C=O) groups is 2. The lowest BCUT2D eigenvalue weighted by molar-refractivity contribution is 0.0526. The number of hydrogen-bond donors (Lipinski definition) is 0.